The highest BCUT2D eigenvalue weighted by Gasteiger charge is 2.64. The lowest BCUT2D eigenvalue weighted by atomic mass is 9.49. The molecular formula is C30H46N2O5. The van der Waals surface area contributed by atoms with Crippen LogP contribution in [0, 0.1) is 28.6 Å². The lowest BCUT2D eigenvalue weighted by molar-refractivity contribution is -0.148. The minimum atomic E-state index is -0.419. The van der Waals surface area contributed by atoms with Crippen LogP contribution >= 0.6 is 0 Å². The average Bonchev–Trinajstić information content (AvgIpc) is 3.15. The summed E-state index contributed by atoms with van der Waals surface area (Å²) >= 11 is 0. The Hall–Kier alpha value is -2.12. The molecule has 0 radical (unpaired) electrons. The molecule has 7 nitrogen and oxygen atoms in total. The van der Waals surface area contributed by atoms with E-state index < -0.39 is 5.92 Å². The van der Waals surface area contributed by atoms with E-state index in [0.717, 1.165) is 82.2 Å². The van der Waals surface area contributed by atoms with E-state index in [9.17, 15) is 9.59 Å². The van der Waals surface area contributed by atoms with Crippen LogP contribution in [0.3, 0.4) is 0 Å². The minimum absolute atomic E-state index is 0.00583. The van der Waals surface area contributed by atoms with Crippen molar-refractivity contribution in [1.29, 1.82) is 0 Å². The van der Waals surface area contributed by atoms with Gasteiger partial charge in [-0.05, 0) is 62.5 Å². The molecule has 0 aromatic carbocycles. The zero-order valence-corrected chi connectivity index (χ0v) is 23.7. The largest absolute Gasteiger partial charge is 0.469 e. The van der Waals surface area contributed by atoms with Crippen molar-refractivity contribution in [2.24, 2.45) is 28.6 Å². The molecule has 4 aliphatic rings. The first-order valence-corrected chi connectivity index (χ1v) is 14.0. The second-order valence-electron chi connectivity index (χ2n) is 11.6. The van der Waals surface area contributed by atoms with E-state index in [2.05, 4.69) is 45.2 Å². The summed E-state index contributed by atoms with van der Waals surface area (Å²) in [5, 5.41) is 0. The van der Waals surface area contributed by atoms with E-state index >= 15 is 0 Å². The van der Waals surface area contributed by atoms with Gasteiger partial charge < -0.3 is 24.0 Å². The Labute approximate surface area is 222 Å². The highest BCUT2D eigenvalue weighted by molar-refractivity contribution is 5.78. The topological polar surface area (TPSA) is 68.3 Å². The molecule has 1 spiro atoms. The molecule has 0 saturated carbocycles. The SMILES string of the molecule is C=C/C(=C(/C)C(C(=O)OC)C(C)[C@]1(C)C=C2[C@@H]1C1(CCOCC1)CN2C(C)=O)N(CC)C1CCOCC1. The molecule has 0 aromatic rings. The summed E-state index contributed by atoms with van der Waals surface area (Å²) in [5.74, 6) is -0.342. The maximum Gasteiger partial charge on any atom is 0.313 e. The zero-order valence-electron chi connectivity index (χ0n) is 23.7. The van der Waals surface area contributed by atoms with Gasteiger partial charge in [0.1, 0.15) is 0 Å². The Kier molecular flexibility index (Phi) is 8.25. The van der Waals surface area contributed by atoms with Crippen molar-refractivity contribution >= 4 is 11.9 Å². The Morgan fingerprint density at radius 1 is 1.22 bits per heavy atom. The maximum atomic E-state index is 13.5. The summed E-state index contributed by atoms with van der Waals surface area (Å²) in [6.07, 6.45) is 7.98. The molecule has 206 valence electrons. The Morgan fingerprint density at radius 2 is 1.84 bits per heavy atom. The summed E-state index contributed by atoms with van der Waals surface area (Å²) in [7, 11) is 1.48. The Bertz CT molecular complexity index is 959. The van der Waals surface area contributed by atoms with Crippen molar-refractivity contribution in [2.75, 3.05) is 46.6 Å². The number of amides is 1. The van der Waals surface area contributed by atoms with Gasteiger partial charge in [0.25, 0.3) is 0 Å². The lowest BCUT2D eigenvalue weighted by Crippen LogP contribution is -2.52. The van der Waals surface area contributed by atoms with Crippen LogP contribution in [0.1, 0.15) is 60.3 Å². The second-order valence-corrected chi connectivity index (χ2v) is 11.6. The first kappa shape index (κ1) is 27.9. The zero-order chi connectivity index (χ0) is 27.0. The van der Waals surface area contributed by atoms with Gasteiger partial charge in [-0.1, -0.05) is 26.5 Å². The first-order valence-electron chi connectivity index (χ1n) is 14.0. The van der Waals surface area contributed by atoms with Crippen molar-refractivity contribution in [1.82, 2.24) is 9.80 Å². The highest BCUT2D eigenvalue weighted by Crippen LogP contribution is 2.66. The maximum absolute atomic E-state index is 13.5. The molecule has 3 heterocycles. The molecule has 7 heteroatoms. The molecule has 1 amide bonds. The predicted octanol–water partition coefficient (Wildman–Crippen LogP) is 4.55. The number of carbonyl (C=O) groups excluding carboxylic acids is 2. The van der Waals surface area contributed by atoms with Crippen molar-refractivity contribution in [3.05, 3.63) is 35.7 Å². The quantitative estimate of drug-likeness (QED) is 0.350. The number of carbonyl (C=O) groups is 2. The number of methoxy groups -OCH3 is 1. The number of hydrogen-bond donors (Lipinski definition) is 0. The molecule has 4 rings (SSSR count). The van der Waals surface area contributed by atoms with Gasteiger partial charge in [0.15, 0.2) is 0 Å². The van der Waals surface area contributed by atoms with Gasteiger partial charge in [-0.2, -0.15) is 0 Å². The van der Waals surface area contributed by atoms with Crippen molar-refractivity contribution in [3.63, 3.8) is 0 Å². The number of esters is 1. The molecule has 0 N–H and O–H groups in total. The van der Waals surface area contributed by atoms with E-state index in [1.165, 1.54) is 7.11 Å². The van der Waals surface area contributed by atoms with Gasteiger partial charge in [-0.3, -0.25) is 9.59 Å². The van der Waals surface area contributed by atoms with Crippen LogP contribution in [0.5, 0.6) is 0 Å². The second kappa shape index (κ2) is 10.9. The van der Waals surface area contributed by atoms with Crippen molar-refractivity contribution in [2.45, 2.75) is 66.3 Å². The van der Waals surface area contributed by atoms with E-state index in [1.807, 2.05) is 11.0 Å². The number of nitrogens with zero attached hydrogens (tertiary/aromatic N) is 2. The lowest BCUT2D eigenvalue weighted by Gasteiger charge is -2.55. The van der Waals surface area contributed by atoms with Gasteiger partial charge >= 0.3 is 5.97 Å². The van der Waals surface area contributed by atoms with E-state index in [0.29, 0.717) is 6.04 Å². The molecule has 3 aliphatic heterocycles. The molecule has 37 heavy (non-hydrogen) atoms. The van der Waals surface area contributed by atoms with E-state index in [-0.39, 0.29) is 34.5 Å². The summed E-state index contributed by atoms with van der Waals surface area (Å²) in [6, 6.07) is 0.366. The third kappa shape index (κ3) is 4.67. The third-order valence-electron chi connectivity index (χ3n) is 9.92. The summed E-state index contributed by atoms with van der Waals surface area (Å²) in [5.41, 5.74) is 2.91. The highest BCUT2D eigenvalue weighted by atomic mass is 16.5. The predicted molar refractivity (Wildman–Crippen MR) is 143 cm³/mol. The Balaban J connectivity index is 1.74. The summed E-state index contributed by atoms with van der Waals surface area (Å²) in [4.78, 5) is 30.4. The van der Waals surface area contributed by atoms with E-state index in [4.69, 9.17) is 14.2 Å². The molecule has 3 fully saturated rings. The minimum Gasteiger partial charge on any atom is -0.469 e. The average molecular weight is 515 g/mol. The standard InChI is InChI=1S/C30H46N2O5/c1-8-24(31(9-2)23-10-14-36-15-11-23)20(3)26(28(34)35-7)21(4)29(6)18-25-27(29)30(12-16-37-17-13-30)19-32(25)22(5)33/h8,18,21,23,26-27H,1,9-17,19H2,2-7H3/b24-20+/t21?,26?,27-,29-/m0/s1. The molecule has 0 bridgehead atoms. The first-order chi connectivity index (χ1) is 17.6. The molecule has 2 unspecified atom stereocenters. The third-order valence-corrected chi connectivity index (χ3v) is 9.92. The van der Waals surface area contributed by atoms with Gasteiger partial charge in [0, 0.05) is 75.2 Å². The van der Waals surface area contributed by atoms with Crippen LogP contribution in [-0.2, 0) is 23.8 Å². The molecule has 3 saturated heterocycles. The summed E-state index contributed by atoms with van der Waals surface area (Å²) < 4.78 is 16.8. The smallest absolute Gasteiger partial charge is 0.313 e. The van der Waals surface area contributed by atoms with Gasteiger partial charge in [-0.25, -0.2) is 0 Å². The molecule has 0 aromatic heterocycles. The number of hydrogen-bond acceptors (Lipinski definition) is 6. The van der Waals surface area contributed by atoms with Crippen LogP contribution in [0.25, 0.3) is 0 Å². The van der Waals surface area contributed by atoms with Crippen molar-refractivity contribution in [3.8, 4) is 0 Å². The number of allylic oxidation sites excluding steroid dienone is 3. The van der Waals surface area contributed by atoms with Gasteiger partial charge in [-0.15, -0.1) is 0 Å². The molecule has 1 aliphatic carbocycles. The van der Waals surface area contributed by atoms with Crippen LogP contribution in [-0.4, -0.2) is 74.3 Å². The van der Waals surface area contributed by atoms with Gasteiger partial charge in [0.05, 0.1) is 13.0 Å². The number of likely N-dealkylation sites (N-methyl/N-ethyl adjacent to an activating group) is 1. The normalized spacial score (nSPS) is 29.4. The number of fused-ring (bicyclic) bond motifs is 2. The fraction of sp³-hybridized carbons (Fsp3) is 0.733. The van der Waals surface area contributed by atoms with Crippen LogP contribution in [0.4, 0.5) is 0 Å². The molecular weight excluding hydrogens is 468 g/mol. The van der Waals surface area contributed by atoms with Crippen LogP contribution in [0.2, 0.25) is 0 Å². The monoisotopic (exact) mass is 514 g/mol. The van der Waals surface area contributed by atoms with Crippen molar-refractivity contribution < 1.29 is 23.8 Å². The summed E-state index contributed by atoms with van der Waals surface area (Å²) in [6.45, 7) is 19.1. The molecule has 4 atom stereocenters. The number of likely N-dealkylation sites (tertiary alicyclic amines) is 1. The van der Waals surface area contributed by atoms with Crippen LogP contribution < -0.4 is 0 Å². The van der Waals surface area contributed by atoms with E-state index in [1.54, 1.807) is 6.92 Å². The van der Waals surface area contributed by atoms with Gasteiger partial charge in [0.2, 0.25) is 5.91 Å². The Morgan fingerprint density at radius 3 is 2.38 bits per heavy atom. The number of rotatable bonds is 8. The number of ether oxygens (including phenoxy) is 3. The van der Waals surface area contributed by atoms with Crippen LogP contribution in [0.15, 0.2) is 35.7 Å². The fourth-order valence-electron chi connectivity index (χ4n) is 7.85. The fourth-order valence-corrected chi connectivity index (χ4v) is 7.85.